The van der Waals surface area contributed by atoms with Crippen molar-refractivity contribution in [2.45, 2.75) is 64.4 Å². The smallest absolute Gasteiger partial charge is 0.331 e. The zero-order valence-electron chi connectivity index (χ0n) is 11.3. The van der Waals surface area contributed by atoms with Crippen molar-refractivity contribution in [3.05, 3.63) is 11.6 Å². The Kier molecular flexibility index (Phi) is 10.7. The molecule has 0 heterocycles. The van der Waals surface area contributed by atoms with E-state index in [2.05, 4.69) is 0 Å². The monoisotopic (exact) mass is 258 g/mol. The summed E-state index contributed by atoms with van der Waals surface area (Å²) in [5.74, 6) is -0.974. The minimum atomic E-state index is -0.974. The summed E-state index contributed by atoms with van der Waals surface area (Å²) in [7, 11) is 0. The van der Waals surface area contributed by atoms with Crippen LogP contribution in [0.3, 0.4) is 0 Å². The van der Waals surface area contributed by atoms with E-state index in [0.717, 1.165) is 38.5 Å². The fourth-order valence-corrected chi connectivity index (χ4v) is 1.79. The third-order valence-corrected chi connectivity index (χ3v) is 2.94. The van der Waals surface area contributed by atoms with E-state index in [9.17, 15) is 9.90 Å². The molecule has 0 aromatic carbocycles. The van der Waals surface area contributed by atoms with Gasteiger partial charge in [0, 0.05) is 12.2 Å². The molecule has 0 saturated heterocycles. The van der Waals surface area contributed by atoms with Crippen molar-refractivity contribution in [2.75, 3.05) is 6.61 Å². The number of aliphatic carboxylic acids is 1. The van der Waals surface area contributed by atoms with Gasteiger partial charge in [-0.05, 0) is 25.8 Å². The highest BCUT2D eigenvalue weighted by Gasteiger charge is 2.05. The molecule has 0 spiro atoms. The Morgan fingerprint density at radius 2 is 1.56 bits per heavy atom. The van der Waals surface area contributed by atoms with Crippen LogP contribution in [0.1, 0.15) is 58.3 Å². The second kappa shape index (κ2) is 11.2. The van der Waals surface area contributed by atoms with Crippen LogP contribution in [0.25, 0.3) is 0 Å². The molecule has 0 amide bonds. The van der Waals surface area contributed by atoms with Crippen molar-refractivity contribution in [1.82, 2.24) is 0 Å². The average Bonchev–Trinajstić information content (AvgIpc) is 2.32. The summed E-state index contributed by atoms with van der Waals surface area (Å²) in [6.45, 7) is 1.77. The Bertz CT molecular complexity index is 248. The molecule has 0 aliphatic rings. The number of carbonyl (C=O) groups is 1. The molecule has 3 N–H and O–H groups in total. The van der Waals surface area contributed by atoms with Gasteiger partial charge in [-0.1, -0.05) is 38.5 Å². The van der Waals surface area contributed by atoms with Gasteiger partial charge in [0.05, 0.1) is 6.10 Å². The van der Waals surface area contributed by atoms with Crippen molar-refractivity contribution < 1.29 is 20.1 Å². The minimum Gasteiger partial charge on any atom is -0.478 e. The van der Waals surface area contributed by atoms with Gasteiger partial charge in [-0.25, -0.2) is 4.79 Å². The maximum atomic E-state index is 10.5. The standard InChI is InChI=1S/C14H26O4/c1-12(14(17)18)11-13(16)9-7-5-3-2-4-6-8-10-15/h11,13,15-16H,2-10H2,1H3,(H,17,18). The molecule has 0 fully saturated rings. The van der Waals surface area contributed by atoms with E-state index in [1.807, 2.05) is 0 Å². The van der Waals surface area contributed by atoms with E-state index >= 15 is 0 Å². The number of unbranched alkanes of at least 4 members (excludes halogenated alkanes) is 6. The molecule has 0 aromatic heterocycles. The second-order valence-electron chi connectivity index (χ2n) is 4.71. The third kappa shape index (κ3) is 10.3. The second-order valence-corrected chi connectivity index (χ2v) is 4.71. The Balaban J connectivity index is 3.43. The topological polar surface area (TPSA) is 77.8 Å². The Labute approximate surface area is 109 Å². The van der Waals surface area contributed by atoms with Crippen LogP contribution < -0.4 is 0 Å². The van der Waals surface area contributed by atoms with Crippen LogP contribution >= 0.6 is 0 Å². The third-order valence-electron chi connectivity index (χ3n) is 2.94. The summed E-state index contributed by atoms with van der Waals surface area (Å²) in [6.07, 6.45) is 8.81. The average molecular weight is 258 g/mol. The number of aliphatic hydroxyl groups excluding tert-OH is 2. The number of carboxylic acids is 1. The number of carboxylic acid groups (broad SMARTS) is 1. The molecule has 4 heteroatoms. The van der Waals surface area contributed by atoms with Gasteiger partial charge in [0.2, 0.25) is 0 Å². The molecule has 0 aliphatic carbocycles. The molecular formula is C14H26O4. The molecule has 4 nitrogen and oxygen atoms in total. The van der Waals surface area contributed by atoms with Crippen LogP contribution in [0.15, 0.2) is 11.6 Å². The van der Waals surface area contributed by atoms with Gasteiger partial charge in [0.15, 0.2) is 0 Å². The van der Waals surface area contributed by atoms with E-state index < -0.39 is 12.1 Å². The predicted molar refractivity (Wildman–Crippen MR) is 71.4 cm³/mol. The van der Waals surface area contributed by atoms with E-state index in [1.165, 1.54) is 19.4 Å². The van der Waals surface area contributed by atoms with Crippen LogP contribution in [0, 0.1) is 0 Å². The normalized spacial score (nSPS) is 13.6. The summed E-state index contributed by atoms with van der Waals surface area (Å²) < 4.78 is 0. The van der Waals surface area contributed by atoms with Crippen molar-refractivity contribution in [2.24, 2.45) is 0 Å². The fourth-order valence-electron chi connectivity index (χ4n) is 1.79. The maximum Gasteiger partial charge on any atom is 0.331 e. The number of aliphatic hydroxyl groups is 2. The largest absolute Gasteiger partial charge is 0.478 e. The van der Waals surface area contributed by atoms with Crippen LogP contribution in [0.5, 0.6) is 0 Å². The summed E-state index contributed by atoms with van der Waals surface area (Å²) >= 11 is 0. The van der Waals surface area contributed by atoms with E-state index in [0.29, 0.717) is 6.42 Å². The molecular weight excluding hydrogens is 232 g/mol. The van der Waals surface area contributed by atoms with Gasteiger partial charge >= 0.3 is 5.97 Å². The minimum absolute atomic E-state index is 0.200. The van der Waals surface area contributed by atoms with Gasteiger partial charge in [-0.3, -0.25) is 0 Å². The Hall–Kier alpha value is -0.870. The fraction of sp³-hybridized carbons (Fsp3) is 0.786. The first kappa shape index (κ1) is 17.1. The van der Waals surface area contributed by atoms with Gasteiger partial charge < -0.3 is 15.3 Å². The quantitative estimate of drug-likeness (QED) is 0.393. The maximum absolute atomic E-state index is 10.5. The highest BCUT2D eigenvalue weighted by Crippen LogP contribution is 2.11. The van der Waals surface area contributed by atoms with Gasteiger partial charge in [-0.15, -0.1) is 0 Å². The van der Waals surface area contributed by atoms with Crippen LogP contribution in [0.2, 0.25) is 0 Å². The molecule has 1 atom stereocenters. The van der Waals surface area contributed by atoms with Gasteiger partial charge in [-0.2, -0.15) is 0 Å². The summed E-state index contributed by atoms with van der Waals surface area (Å²) in [4.78, 5) is 10.5. The molecule has 1 unspecified atom stereocenters. The van der Waals surface area contributed by atoms with Crippen LogP contribution in [0.4, 0.5) is 0 Å². The van der Waals surface area contributed by atoms with Crippen molar-refractivity contribution in [3.63, 3.8) is 0 Å². The Morgan fingerprint density at radius 3 is 2.06 bits per heavy atom. The SMILES string of the molecule is CC(=CC(O)CCCCCCCCCO)C(=O)O. The van der Waals surface area contributed by atoms with Crippen molar-refractivity contribution >= 4 is 5.97 Å². The molecule has 0 bridgehead atoms. The Morgan fingerprint density at radius 1 is 1.06 bits per heavy atom. The van der Waals surface area contributed by atoms with Crippen LogP contribution in [-0.4, -0.2) is 34.0 Å². The number of rotatable bonds is 11. The molecule has 0 saturated carbocycles. The first-order chi connectivity index (χ1) is 8.57. The zero-order chi connectivity index (χ0) is 13.8. The summed E-state index contributed by atoms with van der Waals surface area (Å²) in [6, 6.07) is 0. The predicted octanol–water partition coefficient (Wildman–Crippen LogP) is 2.49. The van der Waals surface area contributed by atoms with Crippen molar-refractivity contribution in [3.8, 4) is 0 Å². The van der Waals surface area contributed by atoms with E-state index in [4.69, 9.17) is 10.2 Å². The van der Waals surface area contributed by atoms with Crippen LogP contribution in [-0.2, 0) is 4.79 Å². The lowest BCUT2D eigenvalue weighted by Gasteiger charge is -2.06. The molecule has 0 radical (unpaired) electrons. The lowest BCUT2D eigenvalue weighted by Crippen LogP contribution is -2.06. The van der Waals surface area contributed by atoms with Gasteiger partial charge in [0.1, 0.15) is 0 Å². The lowest BCUT2D eigenvalue weighted by molar-refractivity contribution is -0.132. The van der Waals surface area contributed by atoms with Crippen molar-refractivity contribution in [1.29, 1.82) is 0 Å². The lowest BCUT2D eigenvalue weighted by atomic mass is 10.1. The summed E-state index contributed by atoms with van der Waals surface area (Å²) in [5, 5.41) is 26.8. The highest BCUT2D eigenvalue weighted by atomic mass is 16.4. The van der Waals surface area contributed by atoms with E-state index in [1.54, 1.807) is 0 Å². The molecule has 18 heavy (non-hydrogen) atoms. The molecule has 0 rings (SSSR count). The highest BCUT2D eigenvalue weighted by molar-refractivity contribution is 5.85. The van der Waals surface area contributed by atoms with Gasteiger partial charge in [0.25, 0.3) is 0 Å². The van der Waals surface area contributed by atoms with E-state index in [-0.39, 0.29) is 12.2 Å². The molecule has 106 valence electrons. The zero-order valence-corrected chi connectivity index (χ0v) is 11.3. The first-order valence-corrected chi connectivity index (χ1v) is 6.78. The number of hydrogen-bond donors (Lipinski definition) is 3. The first-order valence-electron chi connectivity index (χ1n) is 6.78. The molecule has 0 aliphatic heterocycles. The number of hydrogen-bond acceptors (Lipinski definition) is 3. The molecule has 0 aromatic rings. The summed E-state index contributed by atoms with van der Waals surface area (Å²) in [5.41, 5.74) is 0.200.